The Hall–Kier alpha value is -3.12. The number of aromatic nitrogens is 1. The number of esters is 1. The molecule has 1 aliphatic heterocycles. The van der Waals surface area contributed by atoms with Crippen molar-refractivity contribution in [3.05, 3.63) is 107 Å². The zero-order valence-corrected chi connectivity index (χ0v) is 20.7. The van der Waals surface area contributed by atoms with E-state index in [2.05, 4.69) is 62.9 Å². The van der Waals surface area contributed by atoms with Crippen molar-refractivity contribution in [3.8, 4) is 0 Å². The van der Waals surface area contributed by atoms with E-state index in [1.54, 1.807) is 0 Å². The van der Waals surface area contributed by atoms with Crippen molar-refractivity contribution in [1.29, 1.82) is 0 Å². The fraction of sp³-hybridized carbons (Fsp3) is 0.276. The number of nitrogens with zero attached hydrogens (tertiary/aromatic N) is 3. The van der Waals surface area contributed by atoms with Gasteiger partial charge in [-0.05, 0) is 35.4 Å². The Bertz CT molecular complexity index is 1280. The van der Waals surface area contributed by atoms with E-state index in [0.717, 1.165) is 55.2 Å². The molecule has 2 heterocycles. The average molecular weight is 488 g/mol. The molecule has 4 aromatic rings. The summed E-state index contributed by atoms with van der Waals surface area (Å²) in [6, 6.07) is 29.2. The van der Waals surface area contributed by atoms with E-state index in [9.17, 15) is 4.79 Å². The van der Waals surface area contributed by atoms with Gasteiger partial charge in [0.1, 0.15) is 5.69 Å². The molecular weight excluding hydrogens is 458 g/mol. The lowest BCUT2D eigenvalue weighted by Crippen LogP contribution is -2.48. The largest absolute Gasteiger partial charge is 0.464 e. The van der Waals surface area contributed by atoms with Crippen LogP contribution in [0.15, 0.2) is 84.9 Å². The van der Waals surface area contributed by atoms with Gasteiger partial charge in [-0.2, -0.15) is 0 Å². The highest BCUT2D eigenvalue weighted by Gasteiger charge is 2.26. The van der Waals surface area contributed by atoms with Gasteiger partial charge in [0.2, 0.25) is 0 Å². The second-order valence-electron chi connectivity index (χ2n) is 8.97. The third-order valence-corrected chi connectivity index (χ3v) is 7.17. The Kier molecular flexibility index (Phi) is 7.19. The number of carbonyl (C=O) groups excluding carboxylic acids is 1. The first-order valence-corrected chi connectivity index (χ1v) is 12.5. The van der Waals surface area contributed by atoms with Crippen molar-refractivity contribution in [2.45, 2.75) is 12.6 Å². The highest BCUT2D eigenvalue weighted by atomic mass is 35.5. The van der Waals surface area contributed by atoms with Crippen LogP contribution in [0.2, 0.25) is 5.02 Å². The second-order valence-corrected chi connectivity index (χ2v) is 9.41. The van der Waals surface area contributed by atoms with Crippen LogP contribution in [-0.4, -0.2) is 60.2 Å². The summed E-state index contributed by atoms with van der Waals surface area (Å²) in [5, 5.41) is 1.82. The van der Waals surface area contributed by atoms with Crippen molar-refractivity contribution in [2.24, 2.45) is 0 Å². The smallest absolute Gasteiger partial charge is 0.354 e. The molecule has 0 bridgehead atoms. The molecule has 1 aliphatic rings. The van der Waals surface area contributed by atoms with E-state index in [1.165, 1.54) is 18.2 Å². The molecule has 0 spiro atoms. The molecule has 35 heavy (non-hydrogen) atoms. The van der Waals surface area contributed by atoms with Crippen molar-refractivity contribution in [3.63, 3.8) is 0 Å². The summed E-state index contributed by atoms with van der Waals surface area (Å²) in [7, 11) is 1.44. The van der Waals surface area contributed by atoms with Gasteiger partial charge in [-0.15, -0.1) is 0 Å². The molecule has 5 nitrogen and oxygen atoms in total. The number of hydrogen-bond acceptors (Lipinski definition) is 4. The molecule has 1 unspecified atom stereocenters. The van der Waals surface area contributed by atoms with Gasteiger partial charge in [-0.1, -0.05) is 72.3 Å². The fourth-order valence-electron chi connectivity index (χ4n) is 5.11. The molecule has 5 rings (SSSR count). The molecule has 180 valence electrons. The van der Waals surface area contributed by atoms with Crippen LogP contribution in [0.25, 0.3) is 10.9 Å². The summed E-state index contributed by atoms with van der Waals surface area (Å²) in [6.07, 6.45) is 0. The minimum Gasteiger partial charge on any atom is -0.464 e. The maximum absolute atomic E-state index is 12.4. The second kappa shape index (κ2) is 10.6. The Labute approximate surface area is 211 Å². The number of piperazine rings is 1. The minimum absolute atomic E-state index is 0.204. The quantitative estimate of drug-likeness (QED) is 0.323. The number of ether oxygens (including phenoxy) is 1. The molecular formula is C29H30ClN3O2. The van der Waals surface area contributed by atoms with Crippen LogP contribution in [0.3, 0.4) is 0 Å². The third kappa shape index (κ3) is 5.13. The fourth-order valence-corrected chi connectivity index (χ4v) is 5.23. The van der Waals surface area contributed by atoms with Crippen molar-refractivity contribution in [1.82, 2.24) is 14.4 Å². The molecule has 0 amide bonds. The average Bonchev–Trinajstić information content (AvgIpc) is 3.28. The minimum atomic E-state index is -0.292. The van der Waals surface area contributed by atoms with Gasteiger partial charge in [0.25, 0.3) is 0 Å². The molecule has 3 aromatic carbocycles. The van der Waals surface area contributed by atoms with Gasteiger partial charge in [-0.3, -0.25) is 9.80 Å². The van der Waals surface area contributed by atoms with Crippen molar-refractivity contribution in [2.75, 3.05) is 39.8 Å². The van der Waals surface area contributed by atoms with Gasteiger partial charge in [0.15, 0.2) is 0 Å². The van der Waals surface area contributed by atoms with Crippen LogP contribution < -0.4 is 0 Å². The monoisotopic (exact) mass is 487 g/mol. The number of methoxy groups -OCH3 is 1. The summed E-state index contributed by atoms with van der Waals surface area (Å²) in [4.78, 5) is 17.4. The number of halogens is 1. The highest BCUT2D eigenvalue weighted by Crippen LogP contribution is 2.30. The maximum atomic E-state index is 12.4. The molecule has 0 aliphatic carbocycles. The predicted molar refractivity (Wildman–Crippen MR) is 141 cm³/mol. The van der Waals surface area contributed by atoms with Crippen LogP contribution in [0.4, 0.5) is 0 Å². The first-order chi connectivity index (χ1) is 17.1. The van der Waals surface area contributed by atoms with Gasteiger partial charge < -0.3 is 9.30 Å². The Morgan fingerprint density at radius 1 is 0.857 bits per heavy atom. The van der Waals surface area contributed by atoms with Crippen molar-refractivity contribution >= 4 is 28.5 Å². The van der Waals surface area contributed by atoms with Crippen LogP contribution in [0, 0.1) is 0 Å². The zero-order chi connectivity index (χ0) is 24.2. The van der Waals surface area contributed by atoms with E-state index >= 15 is 0 Å². The molecule has 1 atom stereocenters. The van der Waals surface area contributed by atoms with E-state index < -0.39 is 0 Å². The number of para-hydroxylation sites is 1. The van der Waals surface area contributed by atoms with E-state index in [0.29, 0.717) is 5.69 Å². The van der Waals surface area contributed by atoms with Gasteiger partial charge in [0, 0.05) is 55.2 Å². The van der Waals surface area contributed by atoms with Gasteiger partial charge in [0.05, 0.1) is 13.2 Å². The maximum Gasteiger partial charge on any atom is 0.354 e. The molecule has 6 heteroatoms. The Morgan fingerprint density at radius 2 is 1.51 bits per heavy atom. The number of rotatable bonds is 7. The van der Waals surface area contributed by atoms with Crippen LogP contribution in [0.5, 0.6) is 0 Å². The molecule has 0 saturated carbocycles. The summed E-state index contributed by atoms with van der Waals surface area (Å²) >= 11 is 6.17. The van der Waals surface area contributed by atoms with Crippen LogP contribution >= 0.6 is 11.6 Å². The summed E-state index contributed by atoms with van der Waals surface area (Å²) in [6.45, 7) is 5.52. The van der Waals surface area contributed by atoms with E-state index in [1.807, 2.05) is 36.4 Å². The van der Waals surface area contributed by atoms with E-state index in [-0.39, 0.29) is 12.0 Å². The predicted octanol–water partition coefficient (Wildman–Crippen LogP) is 5.49. The van der Waals surface area contributed by atoms with Crippen LogP contribution in [0.1, 0.15) is 27.7 Å². The third-order valence-electron chi connectivity index (χ3n) is 6.92. The summed E-state index contributed by atoms with van der Waals surface area (Å²) in [5.74, 6) is -0.292. The SMILES string of the molecule is COC(=O)c1cc2ccccc2n1CCN1CCN(C(c2ccccc2)c2ccc(Cl)cc2)CC1. The molecule has 0 N–H and O–H groups in total. The van der Waals surface area contributed by atoms with Crippen LogP contribution in [-0.2, 0) is 11.3 Å². The molecule has 0 radical (unpaired) electrons. The lowest BCUT2D eigenvalue weighted by molar-refractivity contribution is 0.0586. The molecule has 1 fully saturated rings. The highest BCUT2D eigenvalue weighted by molar-refractivity contribution is 6.30. The lowest BCUT2D eigenvalue weighted by atomic mass is 9.96. The molecule has 1 saturated heterocycles. The Morgan fingerprint density at radius 3 is 2.23 bits per heavy atom. The van der Waals surface area contributed by atoms with Gasteiger partial charge >= 0.3 is 5.97 Å². The Balaban J connectivity index is 1.29. The lowest BCUT2D eigenvalue weighted by Gasteiger charge is -2.40. The summed E-state index contributed by atoms with van der Waals surface area (Å²) in [5.41, 5.74) is 4.23. The van der Waals surface area contributed by atoms with Gasteiger partial charge in [-0.25, -0.2) is 4.79 Å². The molecule has 1 aromatic heterocycles. The number of fused-ring (bicyclic) bond motifs is 1. The first-order valence-electron chi connectivity index (χ1n) is 12.1. The normalized spacial score (nSPS) is 15.8. The van der Waals surface area contributed by atoms with E-state index in [4.69, 9.17) is 16.3 Å². The number of benzene rings is 3. The summed E-state index contributed by atoms with van der Waals surface area (Å²) < 4.78 is 7.13. The standard InChI is InChI=1S/C29H30ClN3O2/c1-35-29(34)27-21-24-9-5-6-10-26(24)33(27)20-17-31-15-18-32(19-16-31)28(22-7-3-2-4-8-22)23-11-13-25(30)14-12-23/h2-14,21,28H,15-20H2,1H3. The topological polar surface area (TPSA) is 37.7 Å². The number of carbonyl (C=O) groups is 1. The number of hydrogen-bond donors (Lipinski definition) is 0. The first kappa shape index (κ1) is 23.6. The zero-order valence-electron chi connectivity index (χ0n) is 19.9. The van der Waals surface area contributed by atoms with Crippen molar-refractivity contribution < 1.29 is 9.53 Å².